The van der Waals surface area contributed by atoms with E-state index >= 15 is 0 Å². The maximum absolute atomic E-state index is 12.8. The molecule has 1 aliphatic rings. The molecule has 3 N–H and O–H groups in total. The van der Waals surface area contributed by atoms with Crippen LogP contribution in [-0.2, 0) is 4.79 Å². The van der Waals surface area contributed by atoms with Gasteiger partial charge < -0.3 is 10.8 Å². The molecular weight excluding hydrogens is 286 g/mol. The van der Waals surface area contributed by atoms with Gasteiger partial charge in [0.1, 0.15) is 0 Å². The first-order valence-corrected chi connectivity index (χ1v) is 8.89. The number of aliphatic hydroxyl groups is 1. The third-order valence-electron chi connectivity index (χ3n) is 5.82. The third-order valence-corrected chi connectivity index (χ3v) is 5.82. The van der Waals surface area contributed by atoms with E-state index < -0.39 is 5.41 Å². The molecule has 0 aromatic heterocycles. The summed E-state index contributed by atoms with van der Waals surface area (Å²) >= 11 is 0. The number of aliphatic hydroxyl groups excluding tert-OH is 1. The number of hydrogen-bond donors (Lipinski definition) is 2. The van der Waals surface area contributed by atoms with Crippen LogP contribution in [-0.4, -0.2) is 17.6 Å². The molecule has 2 rings (SSSR count). The van der Waals surface area contributed by atoms with Gasteiger partial charge in [-0.3, -0.25) is 4.79 Å². The number of carbonyl (C=O) groups excluding carboxylic acids is 1. The van der Waals surface area contributed by atoms with Crippen molar-refractivity contribution in [3.63, 3.8) is 0 Å². The molecule has 0 saturated heterocycles. The molecule has 3 unspecified atom stereocenters. The average molecular weight is 317 g/mol. The Hall–Kier alpha value is -1.35. The highest BCUT2D eigenvalue weighted by atomic mass is 16.3. The minimum atomic E-state index is -0.560. The van der Waals surface area contributed by atoms with Crippen molar-refractivity contribution in [2.45, 2.75) is 52.4 Å². The summed E-state index contributed by atoms with van der Waals surface area (Å²) in [6, 6.07) is 10.1. The third kappa shape index (κ3) is 3.45. The van der Waals surface area contributed by atoms with E-state index in [0.717, 1.165) is 24.8 Å². The highest BCUT2D eigenvalue weighted by molar-refractivity contribution is 5.82. The van der Waals surface area contributed by atoms with Crippen LogP contribution in [0.5, 0.6) is 0 Å². The minimum Gasteiger partial charge on any atom is -0.396 e. The van der Waals surface area contributed by atoms with Gasteiger partial charge in [0.15, 0.2) is 0 Å². The van der Waals surface area contributed by atoms with Gasteiger partial charge in [0.2, 0.25) is 5.91 Å². The van der Waals surface area contributed by atoms with Gasteiger partial charge in [-0.25, -0.2) is 0 Å². The molecule has 0 bridgehead atoms. The largest absolute Gasteiger partial charge is 0.396 e. The molecule has 0 spiro atoms. The van der Waals surface area contributed by atoms with E-state index in [2.05, 4.69) is 32.9 Å². The van der Waals surface area contributed by atoms with Crippen LogP contribution in [0.15, 0.2) is 30.3 Å². The molecule has 3 heteroatoms. The van der Waals surface area contributed by atoms with Crippen LogP contribution in [0.25, 0.3) is 0 Å². The Balaban J connectivity index is 2.56. The van der Waals surface area contributed by atoms with Crippen LogP contribution >= 0.6 is 0 Å². The van der Waals surface area contributed by atoms with Crippen LogP contribution in [0.3, 0.4) is 0 Å². The van der Waals surface area contributed by atoms with Crippen molar-refractivity contribution in [1.82, 2.24) is 0 Å². The number of carbonyl (C=O) groups is 1. The lowest BCUT2D eigenvalue weighted by Gasteiger charge is -2.50. The number of nitrogens with two attached hydrogens (primary N) is 1. The zero-order valence-electron chi connectivity index (χ0n) is 14.7. The summed E-state index contributed by atoms with van der Waals surface area (Å²) in [5.41, 5.74) is 6.61. The first-order valence-electron chi connectivity index (χ1n) is 8.89. The van der Waals surface area contributed by atoms with Crippen LogP contribution in [0, 0.1) is 23.2 Å². The van der Waals surface area contributed by atoms with E-state index in [4.69, 9.17) is 5.73 Å². The van der Waals surface area contributed by atoms with E-state index in [9.17, 15) is 9.90 Å². The molecule has 0 heterocycles. The number of hydrogen-bond acceptors (Lipinski definition) is 2. The molecule has 1 amide bonds. The lowest BCUT2D eigenvalue weighted by atomic mass is 9.52. The molecule has 4 atom stereocenters. The normalized spacial score (nSPS) is 29.4. The van der Waals surface area contributed by atoms with Crippen LogP contribution in [0.4, 0.5) is 0 Å². The second-order valence-electron chi connectivity index (χ2n) is 7.62. The summed E-state index contributed by atoms with van der Waals surface area (Å²) in [5.74, 6) is 0.960. The Kier molecular flexibility index (Phi) is 5.85. The number of benzene rings is 1. The molecule has 3 nitrogen and oxygen atoms in total. The van der Waals surface area contributed by atoms with E-state index in [0.29, 0.717) is 18.3 Å². The minimum absolute atomic E-state index is 0.0126. The summed E-state index contributed by atoms with van der Waals surface area (Å²) in [4.78, 5) is 12.8. The molecule has 0 aliphatic heterocycles. The second kappa shape index (κ2) is 7.48. The molecule has 1 fully saturated rings. The predicted molar refractivity (Wildman–Crippen MR) is 93.9 cm³/mol. The van der Waals surface area contributed by atoms with E-state index in [-0.39, 0.29) is 24.3 Å². The highest BCUT2D eigenvalue weighted by Crippen LogP contribution is 2.55. The van der Waals surface area contributed by atoms with Crippen LogP contribution < -0.4 is 5.73 Å². The number of rotatable bonds is 6. The van der Waals surface area contributed by atoms with Gasteiger partial charge in [-0.05, 0) is 42.6 Å². The van der Waals surface area contributed by atoms with Crippen molar-refractivity contribution in [2.75, 3.05) is 6.61 Å². The lowest BCUT2D eigenvalue weighted by Crippen LogP contribution is -2.52. The van der Waals surface area contributed by atoms with Gasteiger partial charge in [-0.1, -0.05) is 57.5 Å². The van der Waals surface area contributed by atoms with Gasteiger partial charge in [-0.2, -0.15) is 0 Å². The van der Waals surface area contributed by atoms with Gasteiger partial charge in [0, 0.05) is 12.5 Å². The first-order chi connectivity index (χ1) is 10.9. The van der Waals surface area contributed by atoms with Crippen LogP contribution in [0.1, 0.15) is 57.9 Å². The van der Waals surface area contributed by atoms with E-state index in [1.54, 1.807) is 0 Å². The van der Waals surface area contributed by atoms with Gasteiger partial charge in [0.05, 0.1) is 5.41 Å². The molecule has 1 saturated carbocycles. The SMILES string of the molecule is CC1CCC(C(C)C)C(C(N)=O)([C@H](CCO)c2ccccc2)C1. The van der Waals surface area contributed by atoms with Gasteiger partial charge in [-0.15, -0.1) is 0 Å². The monoisotopic (exact) mass is 317 g/mol. The van der Waals surface area contributed by atoms with Crippen molar-refractivity contribution in [2.24, 2.45) is 28.9 Å². The number of primary amides is 1. The molecule has 1 aliphatic carbocycles. The Labute approximate surface area is 140 Å². The summed E-state index contributed by atoms with van der Waals surface area (Å²) in [6.07, 6.45) is 3.60. The summed E-state index contributed by atoms with van der Waals surface area (Å²) < 4.78 is 0. The first kappa shape index (κ1) is 18.0. The molecule has 0 radical (unpaired) electrons. The predicted octanol–water partition coefficient (Wildman–Crippen LogP) is 3.72. The zero-order chi connectivity index (χ0) is 17.0. The molecule has 1 aromatic rings. The highest BCUT2D eigenvalue weighted by Gasteiger charge is 2.53. The lowest BCUT2D eigenvalue weighted by molar-refractivity contribution is -0.139. The zero-order valence-corrected chi connectivity index (χ0v) is 14.7. The topological polar surface area (TPSA) is 63.3 Å². The maximum atomic E-state index is 12.8. The fourth-order valence-corrected chi connectivity index (χ4v) is 4.87. The smallest absolute Gasteiger partial charge is 0.224 e. The van der Waals surface area contributed by atoms with Crippen LogP contribution in [0.2, 0.25) is 0 Å². The van der Waals surface area contributed by atoms with Crippen molar-refractivity contribution in [3.8, 4) is 0 Å². The second-order valence-corrected chi connectivity index (χ2v) is 7.62. The Morgan fingerprint density at radius 2 is 1.96 bits per heavy atom. The Morgan fingerprint density at radius 1 is 1.30 bits per heavy atom. The number of amides is 1. The summed E-state index contributed by atoms with van der Waals surface area (Å²) in [6.45, 7) is 6.68. The van der Waals surface area contributed by atoms with Crippen molar-refractivity contribution >= 4 is 5.91 Å². The molecule has 23 heavy (non-hydrogen) atoms. The molecular formula is C20H31NO2. The molecule has 1 aromatic carbocycles. The Bertz CT molecular complexity index is 514. The maximum Gasteiger partial charge on any atom is 0.224 e. The fourth-order valence-electron chi connectivity index (χ4n) is 4.87. The standard InChI is InChI=1S/C20H31NO2/c1-14(2)17-10-9-15(3)13-20(17,19(21)23)18(11-12-22)16-7-5-4-6-8-16/h4-8,14-15,17-18,22H,9-13H2,1-3H3,(H2,21,23)/t15?,17?,18-,20?/m1/s1. The van der Waals surface area contributed by atoms with E-state index in [1.807, 2.05) is 18.2 Å². The van der Waals surface area contributed by atoms with E-state index in [1.165, 1.54) is 0 Å². The summed E-state index contributed by atoms with van der Waals surface area (Å²) in [7, 11) is 0. The quantitative estimate of drug-likeness (QED) is 0.840. The van der Waals surface area contributed by atoms with Crippen molar-refractivity contribution < 1.29 is 9.90 Å². The summed E-state index contributed by atoms with van der Waals surface area (Å²) in [5, 5.41) is 9.66. The van der Waals surface area contributed by atoms with Gasteiger partial charge >= 0.3 is 0 Å². The van der Waals surface area contributed by atoms with Crippen molar-refractivity contribution in [3.05, 3.63) is 35.9 Å². The Morgan fingerprint density at radius 3 is 2.48 bits per heavy atom. The molecule has 128 valence electrons. The average Bonchev–Trinajstić information content (AvgIpc) is 2.52. The fraction of sp³-hybridized carbons (Fsp3) is 0.650. The van der Waals surface area contributed by atoms with Gasteiger partial charge in [0.25, 0.3) is 0 Å². The van der Waals surface area contributed by atoms with Crippen molar-refractivity contribution in [1.29, 1.82) is 0 Å².